The Bertz CT molecular complexity index is 939. The van der Waals surface area contributed by atoms with Crippen molar-refractivity contribution < 1.29 is 4.79 Å². The van der Waals surface area contributed by atoms with Crippen molar-refractivity contribution in [1.29, 1.82) is 0 Å². The number of hydrogen-bond acceptors (Lipinski definition) is 5. The molecule has 8 heteroatoms. The Kier molecular flexibility index (Phi) is 5.03. The topological polar surface area (TPSA) is 79.2 Å². The molecular weight excluding hydrogens is 354 g/mol. The molecule has 28 heavy (non-hydrogen) atoms. The predicted octanol–water partition coefficient (Wildman–Crippen LogP) is 2.18. The van der Waals surface area contributed by atoms with Crippen molar-refractivity contribution in [1.82, 2.24) is 30.0 Å². The first kappa shape index (κ1) is 18.1. The molecule has 0 fully saturated rings. The van der Waals surface area contributed by atoms with Crippen molar-refractivity contribution in [2.75, 3.05) is 26.0 Å². The van der Waals surface area contributed by atoms with Crippen LogP contribution < -0.4 is 5.32 Å². The average molecular weight is 377 g/mol. The fraction of sp³-hybridized carbons (Fsp3) is 0.300. The Hall–Kier alpha value is -3.26. The van der Waals surface area contributed by atoms with Gasteiger partial charge in [-0.15, -0.1) is 5.10 Å². The van der Waals surface area contributed by atoms with Gasteiger partial charge in [-0.1, -0.05) is 24.3 Å². The molecule has 1 unspecified atom stereocenters. The van der Waals surface area contributed by atoms with E-state index >= 15 is 0 Å². The number of hydrogen-bond donors (Lipinski definition) is 1. The van der Waals surface area contributed by atoms with Gasteiger partial charge in [-0.05, 0) is 59.3 Å². The monoisotopic (exact) mass is 377 g/mol. The molecule has 3 aromatic rings. The fourth-order valence-corrected chi connectivity index (χ4v) is 3.52. The third kappa shape index (κ3) is 3.86. The third-order valence-electron chi connectivity index (χ3n) is 5.18. The molecule has 1 atom stereocenters. The van der Waals surface area contributed by atoms with Gasteiger partial charge in [0.2, 0.25) is 0 Å². The molecule has 0 radical (unpaired) electrons. The van der Waals surface area contributed by atoms with Crippen LogP contribution in [0.15, 0.2) is 54.9 Å². The van der Waals surface area contributed by atoms with Gasteiger partial charge < -0.3 is 10.2 Å². The summed E-state index contributed by atoms with van der Waals surface area (Å²) in [5.74, 6) is 0. The quantitative estimate of drug-likeness (QED) is 0.754. The fourth-order valence-electron chi connectivity index (χ4n) is 3.52. The lowest BCUT2D eigenvalue weighted by atomic mass is 9.94. The van der Waals surface area contributed by atoms with Gasteiger partial charge in [0.15, 0.2) is 0 Å². The van der Waals surface area contributed by atoms with Gasteiger partial charge in [-0.25, -0.2) is 9.48 Å². The molecule has 2 amide bonds. The lowest BCUT2D eigenvalue weighted by molar-refractivity contribution is 0.166. The molecule has 0 aliphatic carbocycles. The zero-order chi connectivity index (χ0) is 19.5. The molecular formula is C20H23N7O. The molecule has 4 rings (SSSR count). The number of fused-ring (bicyclic) bond motifs is 1. The van der Waals surface area contributed by atoms with E-state index in [9.17, 15) is 4.79 Å². The second kappa shape index (κ2) is 7.77. The number of nitrogens with one attached hydrogen (secondary N) is 1. The van der Waals surface area contributed by atoms with Gasteiger partial charge in [0.1, 0.15) is 6.33 Å². The van der Waals surface area contributed by atoms with Crippen molar-refractivity contribution in [3.8, 4) is 5.69 Å². The summed E-state index contributed by atoms with van der Waals surface area (Å²) in [5.41, 5.74) is 4.31. The Balaban J connectivity index is 1.36. The number of rotatable bonds is 4. The van der Waals surface area contributed by atoms with E-state index in [1.807, 2.05) is 31.3 Å². The van der Waals surface area contributed by atoms with Crippen LogP contribution in [-0.4, -0.2) is 62.7 Å². The number of carbonyl (C=O) groups excluding carboxylic acids is 1. The minimum atomic E-state index is -0.123. The third-order valence-corrected chi connectivity index (χ3v) is 5.18. The lowest BCUT2D eigenvalue weighted by Crippen LogP contribution is -2.47. The van der Waals surface area contributed by atoms with Gasteiger partial charge in [0, 0.05) is 31.9 Å². The maximum atomic E-state index is 12.6. The number of amides is 2. The van der Waals surface area contributed by atoms with Crippen molar-refractivity contribution in [3.63, 3.8) is 0 Å². The number of urea groups is 1. The molecule has 0 spiro atoms. The summed E-state index contributed by atoms with van der Waals surface area (Å²) >= 11 is 0. The first-order valence-corrected chi connectivity index (χ1v) is 9.23. The minimum absolute atomic E-state index is 0.123. The molecule has 0 bridgehead atoms. The number of aromatic nitrogens is 4. The van der Waals surface area contributed by atoms with Crippen LogP contribution in [0.2, 0.25) is 0 Å². The van der Waals surface area contributed by atoms with Crippen LogP contribution in [0.5, 0.6) is 0 Å². The van der Waals surface area contributed by atoms with Crippen LogP contribution in [-0.2, 0) is 13.0 Å². The van der Waals surface area contributed by atoms with E-state index in [1.165, 1.54) is 17.5 Å². The molecule has 0 saturated heterocycles. The predicted molar refractivity (Wildman–Crippen MR) is 106 cm³/mol. The number of carbonyl (C=O) groups is 1. The SMILES string of the molecule is CN(CC1Cc2ccccc2CN1C)C(=O)Nc1ccc(-n2cnnn2)cc1. The highest BCUT2D eigenvalue weighted by Gasteiger charge is 2.25. The second-order valence-corrected chi connectivity index (χ2v) is 7.15. The summed E-state index contributed by atoms with van der Waals surface area (Å²) in [6, 6.07) is 16.1. The summed E-state index contributed by atoms with van der Waals surface area (Å²) in [5, 5.41) is 14.0. The van der Waals surface area contributed by atoms with E-state index in [1.54, 1.807) is 9.58 Å². The van der Waals surface area contributed by atoms with E-state index in [0.29, 0.717) is 12.6 Å². The van der Waals surface area contributed by atoms with Crippen LogP contribution in [0.3, 0.4) is 0 Å². The number of tetrazole rings is 1. The number of likely N-dealkylation sites (N-methyl/N-ethyl adjacent to an activating group) is 2. The van der Waals surface area contributed by atoms with Gasteiger partial charge in [-0.2, -0.15) is 0 Å². The van der Waals surface area contributed by atoms with Gasteiger partial charge in [0.05, 0.1) is 5.69 Å². The molecule has 8 nitrogen and oxygen atoms in total. The normalized spacial score (nSPS) is 16.4. The van der Waals surface area contributed by atoms with Crippen LogP contribution in [0.25, 0.3) is 5.69 Å². The van der Waals surface area contributed by atoms with E-state index < -0.39 is 0 Å². The van der Waals surface area contributed by atoms with Crippen molar-refractivity contribution >= 4 is 11.7 Å². The van der Waals surface area contributed by atoms with Crippen molar-refractivity contribution in [2.24, 2.45) is 0 Å². The van der Waals surface area contributed by atoms with Crippen molar-refractivity contribution in [3.05, 3.63) is 66.0 Å². The zero-order valence-electron chi connectivity index (χ0n) is 16.0. The van der Waals surface area contributed by atoms with Crippen LogP contribution in [0.4, 0.5) is 10.5 Å². The maximum absolute atomic E-state index is 12.6. The van der Waals surface area contributed by atoms with Crippen LogP contribution in [0.1, 0.15) is 11.1 Å². The highest BCUT2D eigenvalue weighted by atomic mass is 16.2. The molecule has 1 aromatic heterocycles. The summed E-state index contributed by atoms with van der Waals surface area (Å²) in [4.78, 5) is 16.7. The summed E-state index contributed by atoms with van der Waals surface area (Å²) in [6.45, 7) is 1.58. The van der Waals surface area contributed by atoms with Crippen LogP contribution >= 0.6 is 0 Å². The lowest BCUT2D eigenvalue weighted by Gasteiger charge is -2.36. The van der Waals surface area contributed by atoms with E-state index in [2.05, 4.69) is 57.1 Å². The Labute approximate surface area is 163 Å². The summed E-state index contributed by atoms with van der Waals surface area (Å²) in [7, 11) is 3.95. The standard InChI is InChI=1S/C20H23N7O/c1-25-12-16-6-4-3-5-15(16)11-19(25)13-26(2)20(28)22-17-7-9-18(10-8-17)27-14-21-23-24-27/h3-10,14,19H,11-13H2,1-2H3,(H,22,28). The largest absolute Gasteiger partial charge is 0.326 e. The number of anilines is 1. The smallest absolute Gasteiger partial charge is 0.321 e. The second-order valence-electron chi connectivity index (χ2n) is 7.15. The van der Waals surface area contributed by atoms with Crippen LogP contribution in [0, 0.1) is 0 Å². The van der Waals surface area contributed by atoms with E-state index in [0.717, 1.165) is 24.3 Å². The Morgan fingerprint density at radius 3 is 2.64 bits per heavy atom. The van der Waals surface area contributed by atoms with Crippen molar-refractivity contribution in [2.45, 2.75) is 19.0 Å². The minimum Gasteiger partial charge on any atom is -0.326 e. The first-order valence-electron chi connectivity index (χ1n) is 9.23. The molecule has 1 aliphatic heterocycles. The Morgan fingerprint density at radius 1 is 1.18 bits per heavy atom. The molecule has 0 saturated carbocycles. The molecule has 2 heterocycles. The number of benzene rings is 2. The highest BCUT2D eigenvalue weighted by Crippen LogP contribution is 2.22. The summed E-state index contributed by atoms with van der Waals surface area (Å²) < 4.78 is 1.56. The summed E-state index contributed by atoms with van der Waals surface area (Å²) in [6.07, 6.45) is 2.48. The molecule has 2 aromatic carbocycles. The first-order chi connectivity index (χ1) is 13.6. The maximum Gasteiger partial charge on any atom is 0.321 e. The highest BCUT2D eigenvalue weighted by molar-refractivity contribution is 5.89. The zero-order valence-corrected chi connectivity index (χ0v) is 16.0. The van der Waals surface area contributed by atoms with E-state index in [-0.39, 0.29) is 6.03 Å². The van der Waals surface area contributed by atoms with Gasteiger partial charge in [0.25, 0.3) is 0 Å². The molecule has 1 aliphatic rings. The average Bonchev–Trinajstić information content (AvgIpc) is 3.24. The van der Waals surface area contributed by atoms with E-state index in [4.69, 9.17) is 0 Å². The van der Waals surface area contributed by atoms with Gasteiger partial charge >= 0.3 is 6.03 Å². The van der Waals surface area contributed by atoms with Gasteiger partial charge in [-0.3, -0.25) is 4.90 Å². The molecule has 144 valence electrons. The number of nitrogens with zero attached hydrogens (tertiary/aromatic N) is 6. The Morgan fingerprint density at radius 2 is 1.93 bits per heavy atom. The molecule has 1 N–H and O–H groups in total.